The molecular formula is C18H18F3N5. The van der Waals surface area contributed by atoms with Gasteiger partial charge in [-0.1, -0.05) is 31.5 Å². The second-order valence-corrected chi connectivity index (χ2v) is 5.82. The molecule has 5 nitrogen and oxygen atoms in total. The highest BCUT2D eigenvalue weighted by atomic mass is 19.4. The molecule has 0 amide bonds. The minimum atomic E-state index is -4.47. The number of fused-ring (bicyclic) bond motifs is 1. The molecule has 0 saturated carbocycles. The van der Waals surface area contributed by atoms with E-state index in [4.69, 9.17) is 5.73 Å². The topological polar surface area (TPSA) is 76.7 Å². The fraction of sp³-hybridized carbons (Fsp3) is 0.278. The van der Waals surface area contributed by atoms with Gasteiger partial charge in [-0.25, -0.2) is 9.97 Å². The summed E-state index contributed by atoms with van der Waals surface area (Å²) in [7, 11) is 0. The maximum Gasteiger partial charge on any atom is 0.417 e. The molecule has 0 bridgehead atoms. The zero-order chi connectivity index (χ0) is 18.7. The largest absolute Gasteiger partial charge is 0.417 e. The van der Waals surface area contributed by atoms with E-state index in [0.29, 0.717) is 23.4 Å². The highest BCUT2D eigenvalue weighted by molar-refractivity contribution is 5.88. The summed E-state index contributed by atoms with van der Waals surface area (Å²) in [6, 6.07) is 8.47. The van der Waals surface area contributed by atoms with Gasteiger partial charge in [0.15, 0.2) is 5.82 Å². The Morgan fingerprint density at radius 2 is 1.81 bits per heavy atom. The Balaban J connectivity index is 2.12. The van der Waals surface area contributed by atoms with E-state index in [2.05, 4.69) is 27.2 Å². The first-order chi connectivity index (χ1) is 12.4. The molecule has 0 aliphatic rings. The Hall–Kier alpha value is -2.90. The number of rotatable bonds is 5. The summed E-state index contributed by atoms with van der Waals surface area (Å²) in [5, 5.41) is 3.14. The number of hydrogen-bond acceptors (Lipinski definition) is 5. The number of alkyl halides is 3. The number of nitrogen functional groups attached to an aromatic ring is 1. The third-order valence-corrected chi connectivity index (χ3v) is 3.89. The molecule has 26 heavy (non-hydrogen) atoms. The molecule has 0 radical (unpaired) electrons. The number of nitrogens with two attached hydrogens (primary N) is 1. The van der Waals surface area contributed by atoms with Gasteiger partial charge in [0.25, 0.3) is 0 Å². The lowest BCUT2D eigenvalue weighted by Crippen LogP contribution is -2.09. The lowest BCUT2D eigenvalue weighted by molar-refractivity contribution is -0.137. The van der Waals surface area contributed by atoms with Crippen molar-refractivity contribution in [3.05, 3.63) is 42.0 Å². The molecule has 2 heterocycles. The summed E-state index contributed by atoms with van der Waals surface area (Å²) < 4.78 is 39.9. The first kappa shape index (κ1) is 17.9. The maximum atomic E-state index is 13.3. The van der Waals surface area contributed by atoms with E-state index in [0.717, 1.165) is 18.9 Å². The molecule has 8 heteroatoms. The molecule has 3 aromatic rings. The van der Waals surface area contributed by atoms with Crippen LogP contribution in [0, 0.1) is 0 Å². The van der Waals surface area contributed by atoms with Gasteiger partial charge >= 0.3 is 6.18 Å². The van der Waals surface area contributed by atoms with Gasteiger partial charge in [-0.2, -0.15) is 18.2 Å². The number of halogens is 3. The van der Waals surface area contributed by atoms with E-state index in [-0.39, 0.29) is 17.2 Å². The molecule has 0 saturated heterocycles. The third-order valence-electron chi connectivity index (χ3n) is 3.89. The van der Waals surface area contributed by atoms with E-state index in [1.807, 2.05) is 0 Å². The quantitative estimate of drug-likeness (QED) is 0.654. The van der Waals surface area contributed by atoms with Crippen LogP contribution in [0.15, 0.2) is 36.4 Å². The van der Waals surface area contributed by atoms with E-state index in [1.165, 1.54) is 18.2 Å². The average molecular weight is 361 g/mol. The molecule has 0 spiro atoms. The van der Waals surface area contributed by atoms with Gasteiger partial charge in [0, 0.05) is 12.1 Å². The Morgan fingerprint density at radius 1 is 1.04 bits per heavy atom. The molecule has 2 aromatic heterocycles. The van der Waals surface area contributed by atoms with Crippen LogP contribution in [0.25, 0.3) is 22.3 Å². The maximum absolute atomic E-state index is 13.3. The van der Waals surface area contributed by atoms with Crippen molar-refractivity contribution in [3.8, 4) is 11.3 Å². The third kappa shape index (κ3) is 3.68. The number of unbranched alkanes of at least 4 members (excludes halogenated alkanes) is 1. The van der Waals surface area contributed by atoms with E-state index in [1.54, 1.807) is 12.1 Å². The Kier molecular flexibility index (Phi) is 4.92. The predicted molar refractivity (Wildman–Crippen MR) is 95.6 cm³/mol. The first-order valence-corrected chi connectivity index (χ1v) is 8.25. The van der Waals surface area contributed by atoms with Crippen molar-refractivity contribution in [3.63, 3.8) is 0 Å². The molecule has 136 valence electrons. The molecule has 1 aromatic carbocycles. The Bertz CT molecular complexity index is 924. The number of nitrogens with zero attached hydrogens (tertiary/aromatic N) is 3. The van der Waals surface area contributed by atoms with Crippen molar-refractivity contribution >= 4 is 22.8 Å². The molecule has 0 aliphatic carbocycles. The summed E-state index contributed by atoms with van der Waals surface area (Å²) in [4.78, 5) is 12.7. The minimum Gasteiger partial charge on any atom is -0.368 e. The second-order valence-electron chi connectivity index (χ2n) is 5.82. The lowest BCUT2D eigenvalue weighted by atomic mass is 10.0. The minimum absolute atomic E-state index is 0.0123. The van der Waals surface area contributed by atoms with Crippen molar-refractivity contribution in [2.45, 2.75) is 25.9 Å². The van der Waals surface area contributed by atoms with E-state index < -0.39 is 11.7 Å². The van der Waals surface area contributed by atoms with Crippen LogP contribution in [0.3, 0.4) is 0 Å². The second kappa shape index (κ2) is 7.15. The van der Waals surface area contributed by atoms with Crippen LogP contribution in [0.2, 0.25) is 0 Å². The molecule has 0 fully saturated rings. The van der Waals surface area contributed by atoms with Crippen molar-refractivity contribution < 1.29 is 13.2 Å². The predicted octanol–water partition coefficient (Wildman–Crippen LogP) is 4.50. The number of hydrogen-bond donors (Lipinski definition) is 2. The average Bonchev–Trinajstić information content (AvgIpc) is 2.61. The summed E-state index contributed by atoms with van der Waals surface area (Å²) in [6.45, 7) is 2.71. The summed E-state index contributed by atoms with van der Waals surface area (Å²) >= 11 is 0. The number of pyridine rings is 1. The molecule has 0 unspecified atom stereocenters. The van der Waals surface area contributed by atoms with Crippen LogP contribution < -0.4 is 11.1 Å². The zero-order valence-electron chi connectivity index (χ0n) is 14.1. The van der Waals surface area contributed by atoms with Crippen LogP contribution in [-0.4, -0.2) is 21.5 Å². The SMILES string of the molecule is CCCCNc1nc(N)nc2ccc(-c3ccccc3C(F)(F)F)nc12. The van der Waals surface area contributed by atoms with Crippen molar-refractivity contribution in [2.24, 2.45) is 0 Å². The van der Waals surface area contributed by atoms with Crippen LogP contribution in [-0.2, 0) is 6.18 Å². The van der Waals surface area contributed by atoms with Crippen LogP contribution in [0.1, 0.15) is 25.3 Å². The molecule has 3 N–H and O–H groups in total. The number of anilines is 2. The number of aromatic nitrogens is 3. The van der Waals surface area contributed by atoms with Gasteiger partial charge in [0.2, 0.25) is 5.95 Å². The monoisotopic (exact) mass is 361 g/mol. The van der Waals surface area contributed by atoms with Crippen molar-refractivity contribution in [2.75, 3.05) is 17.6 Å². The summed E-state index contributed by atoms with van der Waals surface area (Å²) in [6.07, 6.45) is -2.56. The summed E-state index contributed by atoms with van der Waals surface area (Å²) in [5.41, 5.74) is 6.08. The smallest absolute Gasteiger partial charge is 0.368 e. The Morgan fingerprint density at radius 3 is 2.54 bits per heavy atom. The number of benzene rings is 1. The highest BCUT2D eigenvalue weighted by Crippen LogP contribution is 2.37. The Labute approximate surface area is 148 Å². The fourth-order valence-electron chi connectivity index (χ4n) is 2.64. The molecule has 0 atom stereocenters. The van der Waals surface area contributed by atoms with E-state index >= 15 is 0 Å². The van der Waals surface area contributed by atoms with Gasteiger partial charge in [-0.3, -0.25) is 0 Å². The fourth-order valence-corrected chi connectivity index (χ4v) is 2.64. The van der Waals surface area contributed by atoms with Crippen molar-refractivity contribution in [1.29, 1.82) is 0 Å². The standard InChI is InChI=1S/C18H18F3N5/c1-2-3-10-23-16-15-14(25-17(22)26-16)9-8-13(24-15)11-6-4-5-7-12(11)18(19,20)21/h4-9H,2-3,10H2,1H3,(H3,22,23,25,26). The normalized spacial score (nSPS) is 11.7. The zero-order valence-corrected chi connectivity index (χ0v) is 14.1. The van der Waals surface area contributed by atoms with Crippen LogP contribution >= 0.6 is 0 Å². The van der Waals surface area contributed by atoms with Crippen molar-refractivity contribution in [1.82, 2.24) is 15.0 Å². The van der Waals surface area contributed by atoms with E-state index in [9.17, 15) is 13.2 Å². The molecule has 3 rings (SSSR count). The van der Waals surface area contributed by atoms with Crippen LogP contribution in [0.4, 0.5) is 24.9 Å². The van der Waals surface area contributed by atoms with Gasteiger partial charge < -0.3 is 11.1 Å². The first-order valence-electron chi connectivity index (χ1n) is 8.25. The van der Waals surface area contributed by atoms with Gasteiger partial charge in [0.05, 0.1) is 16.8 Å². The van der Waals surface area contributed by atoms with Gasteiger partial charge in [-0.05, 0) is 24.6 Å². The van der Waals surface area contributed by atoms with Gasteiger partial charge in [0.1, 0.15) is 5.52 Å². The lowest BCUT2D eigenvalue weighted by Gasteiger charge is -2.13. The van der Waals surface area contributed by atoms with Gasteiger partial charge in [-0.15, -0.1) is 0 Å². The molecular weight excluding hydrogens is 343 g/mol. The molecule has 0 aliphatic heterocycles. The summed E-state index contributed by atoms with van der Waals surface area (Å²) in [5.74, 6) is 0.508. The highest BCUT2D eigenvalue weighted by Gasteiger charge is 2.33. The van der Waals surface area contributed by atoms with Crippen LogP contribution in [0.5, 0.6) is 0 Å². The number of nitrogens with one attached hydrogen (secondary N) is 1.